The molecule has 8 nitrogen and oxygen atoms in total. The summed E-state index contributed by atoms with van der Waals surface area (Å²) in [6.07, 6.45) is 0.825. The van der Waals surface area contributed by atoms with Crippen molar-refractivity contribution in [2.24, 2.45) is 14.1 Å². The maximum atomic E-state index is 12.8. The minimum absolute atomic E-state index is 0.330. The van der Waals surface area contributed by atoms with Crippen LogP contribution in [0.3, 0.4) is 0 Å². The molecule has 0 aliphatic heterocycles. The second kappa shape index (κ2) is 5.94. The van der Waals surface area contributed by atoms with E-state index in [4.69, 9.17) is 0 Å². The Kier molecular flexibility index (Phi) is 3.83. The van der Waals surface area contributed by atoms with Crippen molar-refractivity contribution < 1.29 is 0 Å². The number of aryl methyl sites for hydroxylation is 2. The molecule has 0 saturated carbocycles. The van der Waals surface area contributed by atoms with Gasteiger partial charge in [-0.15, -0.1) is 10.2 Å². The summed E-state index contributed by atoms with van der Waals surface area (Å²) in [5, 5.41) is 8.64. The van der Waals surface area contributed by atoms with Gasteiger partial charge in [0.15, 0.2) is 17.0 Å². The summed E-state index contributed by atoms with van der Waals surface area (Å²) in [6.45, 7) is 2.64. The fourth-order valence-electron chi connectivity index (χ4n) is 3.28. The molecule has 0 N–H and O–H groups in total. The first kappa shape index (κ1) is 16.8. The van der Waals surface area contributed by atoms with Gasteiger partial charge in [0.1, 0.15) is 0 Å². The van der Waals surface area contributed by atoms with Crippen molar-refractivity contribution in [2.45, 2.75) is 19.9 Å². The summed E-state index contributed by atoms with van der Waals surface area (Å²) in [5.74, 6) is 1.15. The van der Waals surface area contributed by atoms with Crippen molar-refractivity contribution in [1.82, 2.24) is 28.3 Å². The highest BCUT2D eigenvalue weighted by Gasteiger charge is 2.23. The summed E-state index contributed by atoms with van der Waals surface area (Å²) in [4.78, 5) is 25.3. The third-order valence-corrected chi connectivity index (χ3v) is 5.06. The molecule has 0 saturated heterocycles. The topological polar surface area (TPSA) is 79.1 Å². The fraction of sp³-hybridized carbons (Fsp3) is 0.294. The maximum absolute atomic E-state index is 12.8. The minimum Gasteiger partial charge on any atom is -0.302 e. The van der Waals surface area contributed by atoms with Crippen LogP contribution in [0.1, 0.15) is 13.3 Å². The average Bonchev–Trinajstić information content (AvgIpc) is 3.18. The number of fused-ring (bicyclic) bond motifs is 3. The lowest BCUT2D eigenvalue weighted by molar-refractivity contribution is 0.681. The van der Waals surface area contributed by atoms with Crippen LogP contribution in [0, 0.1) is 0 Å². The molecule has 3 heterocycles. The second-order valence-corrected chi connectivity index (χ2v) is 7.11. The van der Waals surface area contributed by atoms with Crippen molar-refractivity contribution in [3.05, 3.63) is 49.6 Å². The predicted molar refractivity (Wildman–Crippen MR) is 102 cm³/mol. The zero-order valence-electron chi connectivity index (χ0n) is 14.6. The highest BCUT2D eigenvalue weighted by atomic mass is 79.9. The van der Waals surface area contributed by atoms with E-state index in [2.05, 4.69) is 26.1 Å². The molecule has 0 amide bonds. The molecule has 4 aromatic rings. The van der Waals surface area contributed by atoms with Crippen LogP contribution in [0.2, 0.25) is 0 Å². The summed E-state index contributed by atoms with van der Waals surface area (Å²) >= 11 is 3.43. The Hall–Kier alpha value is -2.68. The van der Waals surface area contributed by atoms with E-state index >= 15 is 0 Å². The van der Waals surface area contributed by atoms with Gasteiger partial charge in [-0.05, 0) is 18.6 Å². The molecule has 0 radical (unpaired) electrons. The molecule has 4 rings (SSSR count). The van der Waals surface area contributed by atoms with E-state index < -0.39 is 0 Å². The molecular weight excluding hydrogens is 400 g/mol. The van der Waals surface area contributed by atoms with Gasteiger partial charge in [0.05, 0.1) is 0 Å². The maximum Gasteiger partial charge on any atom is 0.332 e. The van der Waals surface area contributed by atoms with Crippen LogP contribution in [-0.2, 0) is 20.6 Å². The zero-order valence-corrected chi connectivity index (χ0v) is 16.2. The van der Waals surface area contributed by atoms with Crippen molar-refractivity contribution >= 4 is 32.9 Å². The van der Waals surface area contributed by atoms with Gasteiger partial charge < -0.3 is 4.57 Å². The Morgan fingerprint density at radius 3 is 2.38 bits per heavy atom. The SMILES string of the molecule is CCCn1c2c(=O)n(C)c(=O)n(C)c2n2c(-c3ccc(Br)cc3)nnc12. The fourth-order valence-corrected chi connectivity index (χ4v) is 3.54. The smallest absolute Gasteiger partial charge is 0.302 e. The summed E-state index contributed by atoms with van der Waals surface area (Å²) in [6, 6.07) is 7.67. The first-order chi connectivity index (χ1) is 12.5. The van der Waals surface area contributed by atoms with Gasteiger partial charge in [-0.3, -0.25) is 13.9 Å². The van der Waals surface area contributed by atoms with Gasteiger partial charge in [-0.2, -0.15) is 0 Å². The summed E-state index contributed by atoms with van der Waals surface area (Å²) in [5.41, 5.74) is 1.10. The van der Waals surface area contributed by atoms with E-state index in [0.717, 1.165) is 21.0 Å². The molecule has 0 spiro atoms. The number of imidazole rings is 1. The molecule has 0 aliphatic carbocycles. The van der Waals surface area contributed by atoms with Crippen molar-refractivity contribution in [3.8, 4) is 11.4 Å². The Balaban J connectivity index is 2.23. The standard InChI is InChI=1S/C17H17BrN6O2/c1-4-9-23-12-14(21(2)17(26)22(3)15(12)25)24-13(19-20-16(23)24)10-5-7-11(18)8-6-10/h5-8H,4,9H2,1-3H3. The van der Waals surface area contributed by atoms with Crippen molar-refractivity contribution in [2.75, 3.05) is 0 Å². The quantitative estimate of drug-likeness (QED) is 0.510. The zero-order chi connectivity index (χ0) is 18.6. The molecule has 0 bridgehead atoms. The number of rotatable bonds is 3. The highest BCUT2D eigenvalue weighted by Crippen LogP contribution is 2.25. The third kappa shape index (κ3) is 2.20. The predicted octanol–water partition coefficient (Wildman–Crippen LogP) is 1.92. The number of halogens is 1. The largest absolute Gasteiger partial charge is 0.332 e. The Morgan fingerprint density at radius 2 is 1.73 bits per heavy atom. The van der Waals surface area contributed by atoms with Crippen LogP contribution in [0.4, 0.5) is 0 Å². The minimum atomic E-state index is -0.381. The molecule has 134 valence electrons. The lowest BCUT2D eigenvalue weighted by atomic mass is 10.2. The summed E-state index contributed by atoms with van der Waals surface area (Å²) < 4.78 is 7.18. The summed E-state index contributed by atoms with van der Waals surface area (Å²) in [7, 11) is 3.15. The number of aromatic nitrogens is 6. The first-order valence-corrected chi connectivity index (χ1v) is 9.04. The van der Waals surface area contributed by atoms with E-state index in [1.165, 1.54) is 11.6 Å². The molecule has 0 aliphatic rings. The van der Waals surface area contributed by atoms with Gasteiger partial charge in [-0.1, -0.05) is 35.0 Å². The van der Waals surface area contributed by atoms with Crippen LogP contribution >= 0.6 is 15.9 Å². The molecule has 26 heavy (non-hydrogen) atoms. The molecule has 3 aromatic heterocycles. The molecule has 9 heteroatoms. The van der Waals surface area contributed by atoms with E-state index in [1.54, 1.807) is 11.4 Å². The lowest BCUT2D eigenvalue weighted by Crippen LogP contribution is -2.37. The normalized spacial score (nSPS) is 11.7. The molecule has 0 atom stereocenters. The molecule has 0 unspecified atom stereocenters. The average molecular weight is 417 g/mol. The monoisotopic (exact) mass is 416 g/mol. The van der Waals surface area contributed by atoms with E-state index in [0.29, 0.717) is 29.3 Å². The number of hydrogen-bond acceptors (Lipinski definition) is 4. The van der Waals surface area contributed by atoms with Gasteiger partial charge >= 0.3 is 5.69 Å². The van der Waals surface area contributed by atoms with E-state index in [1.807, 2.05) is 35.8 Å². The van der Waals surface area contributed by atoms with Gasteiger partial charge in [0.2, 0.25) is 5.78 Å². The van der Waals surface area contributed by atoms with E-state index in [-0.39, 0.29) is 11.2 Å². The molecule has 1 aromatic carbocycles. The van der Waals surface area contributed by atoms with Crippen LogP contribution in [0.15, 0.2) is 38.3 Å². The van der Waals surface area contributed by atoms with Gasteiger partial charge in [-0.25, -0.2) is 9.20 Å². The van der Waals surface area contributed by atoms with Gasteiger partial charge in [0, 0.05) is 30.7 Å². The van der Waals surface area contributed by atoms with Crippen LogP contribution in [-0.4, -0.2) is 28.3 Å². The molecular formula is C17H17BrN6O2. The van der Waals surface area contributed by atoms with Gasteiger partial charge in [0.25, 0.3) is 5.56 Å². The Morgan fingerprint density at radius 1 is 1.04 bits per heavy atom. The third-order valence-electron chi connectivity index (χ3n) is 4.53. The lowest BCUT2D eigenvalue weighted by Gasteiger charge is -2.06. The van der Waals surface area contributed by atoms with Crippen LogP contribution in [0.25, 0.3) is 28.3 Å². The first-order valence-electron chi connectivity index (χ1n) is 8.25. The van der Waals surface area contributed by atoms with E-state index in [9.17, 15) is 9.59 Å². The highest BCUT2D eigenvalue weighted by molar-refractivity contribution is 9.10. The molecule has 0 fully saturated rings. The second-order valence-electron chi connectivity index (χ2n) is 6.20. The Bertz CT molecular complexity index is 1260. The number of hydrogen-bond donors (Lipinski definition) is 0. The van der Waals surface area contributed by atoms with Crippen molar-refractivity contribution in [3.63, 3.8) is 0 Å². The van der Waals surface area contributed by atoms with Crippen molar-refractivity contribution in [1.29, 1.82) is 0 Å². The Labute approximate surface area is 156 Å². The van der Waals surface area contributed by atoms with Crippen LogP contribution < -0.4 is 11.2 Å². The number of benzene rings is 1. The number of nitrogens with zero attached hydrogens (tertiary/aromatic N) is 6. The van der Waals surface area contributed by atoms with Crippen LogP contribution in [0.5, 0.6) is 0 Å².